The van der Waals surface area contributed by atoms with Crippen LogP contribution < -0.4 is 10.1 Å². The van der Waals surface area contributed by atoms with Crippen LogP contribution in [0.1, 0.15) is 27.2 Å². The monoisotopic (exact) mass is 338 g/mol. The van der Waals surface area contributed by atoms with Crippen LogP contribution in [0.2, 0.25) is 0 Å². The van der Waals surface area contributed by atoms with E-state index in [0.29, 0.717) is 17.9 Å². The van der Waals surface area contributed by atoms with Crippen LogP contribution >= 0.6 is 0 Å². The molecule has 1 amide bonds. The average Bonchev–Trinajstić information content (AvgIpc) is 2.93. The fourth-order valence-corrected chi connectivity index (χ4v) is 2.89. The molecule has 2 aromatic carbocycles. The molecule has 25 heavy (non-hydrogen) atoms. The Bertz CT molecular complexity index is 899. The zero-order valence-corrected chi connectivity index (χ0v) is 14.4. The smallest absolute Gasteiger partial charge is 0.253 e. The highest BCUT2D eigenvalue weighted by Gasteiger charge is 2.14. The van der Waals surface area contributed by atoms with E-state index in [0.717, 1.165) is 27.7 Å². The number of aromatic amines is 1. The van der Waals surface area contributed by atoms with Crippen molar-refractivity contribution in [3.05, 3.63) is 64.8 Å². The number of hydrogen-bond donors (Lipinski definition) is 3. The molecule has 1 aromatic heterocycles. The Kier molecular flexibility index (Phi) is 5.05. The summed E-state index contributed by atoms with van der Waals surface area (Å²) >= 11 is 0. The van der Waals surface area contributed by atoms with Gasteiger partial charge in [0.2, 0.25) is 0 Å². The van der Waals surface area contributed by atoms with Crippen molar-refractivity contribution >= 4 is 16.8 Å². The summed E-state index contributed by atoms with van der Waals surface area (Å²) in [6.45, 7) is 4.59. The van der Waals surface area contributed by atoms with Crippen molar-refractivity contribution in [2.75, 3.05) is 13.2 Å². The third-order valence-electron chi connectivity index (χ3n) is 4.35. The summed E-state index contributed by atoms with van der Waals surface area (Å²) in [5.41, 5.74) is 4.59. The number of aliphatic hydroxyl groups is 1. The number of aromatic nitrogens is 1. The van der Waals surface area contributed by atoms with E-state index in [4.69, 9.17) is 9.84 Å². The van der Waals surface area contributed by atoms with Crippen LogP contribution in [0.4, 0.5) is 0 Å². The first-order chi connectivity index (χ1) is 12.1. The summed E-state index contributed by atoms with van der Waals surface area (Å²) in [5.74, 6) is 0.533. The van der Waals surface area contributed by atoms with Gasteiger partial charge in [-0.3, -0.25) is 4.79 Å². The van der Waals surface area contributed by atoms with E-state index in [-0.39, 0.29) is 19.1 Å². The van der Waals surface area contributed by atoms with Crippen molar-refractivity contribution in [1.82, 2.24) is 10.3 Å². The van der Waals surface area contributed by atoms with Gasteiger partial charge in [-0.2, -0.15) is 0 Å². The molecule has 0 bridgehead atoms. The van der Waals surface area contributed by atoms with Gasteiger partial charge in [0.15, 0.2) is 0 Å². The molecule has 0 saturated carbocycles. The number of H-pyrrole nitrogens is 1. The molecule has 130 valence electrons. The summed E-state index contributed by atoms with van der Waals surface area (Å²) in [7, 11) is 0. The van der Waals surface area contributed by atoms with Gasteiger partial charge in [-0.1, -0.05) is 30.3 Å². The summed E-state index contributed by atoms with van der Waals surface area (Å²) in [4.78, 5) is 16.0. The fraction of sp³-hybridized carbons (Fsp3) is 0.250. The zero-order valence-electron chi connectivity index (χ0n) is 14.4. The maximum Gasteiger partial charge on any atom is 0.253 e. The first-order valence-electron chi connectivity index (χ1n) is 8.29. The average molecular weight is 338 g/mol. The first-order valence-corrected chi connectivity index (χ1v) is 8.29. The minimum Gasteiger partial charge on any atom is -0.491 e. The Morgan fingerprint density at radius 1 is 1.16 bits per heavy atom. The second-order valence-electron chi connectivity index (χ2n) is 5.97. The van der Waals surface area contributed by atoms with E-state index in [1.54, 1.807) is 0 Å². The van der Waals surface area contributed by atoms with Crippen LogP contribution in [0, 0.1) is 13.8 Å². The molecule has 0 atom stereocenters. The molecule has 3 N–H and O–H groups in total. The molecule has 1 heterocycles. The van der Waals surface area contributed by atoms with Crippen LogP contribution in [0.15, 0.2) is 42.5 Å². The van der Waals surface area contributed by atoms with Crippen LogP contribution in [0.3, 0.4) is 0 Å². The lowest BCUT2D eigenvalue weighted by Gasteiger charge is -2.12. The van der Waals surface area contributed by atoms with Crippen molar-refractivity contribution in [3.63, 3.8) is 0 Å². The lowest BCUT2D eigenvalue weighted by atomic mass is 10.1. The van der Waals surface area contributed by atoms with Gasteiger partial charge in [0.25, 0.3) is 5.91 Å². The number of nitrogens with one attached hydrogen (secondary N) is 2. The van der Waals surface area contributed by atoms with Crippen LogP contribution in [-0.2, 0) is 6.54 Å². The highest BCUT2D eigenvalue weighted by atomic mass is 16.5. The first kappa shape index (κ1) is 17.0. The van der Waals surface area contributed by atoms with Crippen molar-refractivity contribution < 1.29 is 14.6 Å². The van der Waals surface area contributed by atoms with Gasteiger partial charge in [0, 0.05) is 23.2 Å². The van der Waals surface area contributed by atoms with Crippen LogP contribution in [0.5, 0.6) is 5.75 Å². The molecule has 0 aliphatic heterocycles. The fourth-order valence-electron chi connectivity index (χ4n) is 2.89. The van der Waals surface area contributed by atoms with Gasteiger partial charge >= 0.3 is 0 Å². The zero-order chi connectivity index (χ0) is 17.8. The normalized spacial score (nSPS) is 10.8. The lowest BCUT2D eigenvalue weighted by molar-refractivity contribution is 0.0952. The van der Waals surface area contributed by atoms with Gasteiger partial charge in [-0.05, 0) is 31.5 Å². The van der Waals surface area contributed by atoms with E-state index in [1.165, 1.54) is 0 Å². The van der Waals surface area contributed by atoms with Crippen molar-refractivity contribution in [2.45, 2.75) is 20.4 Å². The standard InChI is InChI=1S/C20H22N2O3/c1-13-14(2)22-19-16(13)7-5-8-17(19)20(24)21-12-15-6-3-4-9-18(15)25-11-10-23/h3-9,22-23H,10-12H2,1-2H3,(H,21,24). The number of amides is 1. The van der Waals surface area contributed by atoms with Gasteiger partial charge in [0.05, 0.1) is 17.7 Å². The number of rotatable bonds is 6. The van der Waals surface area contributed by atoms with E-state index in [1.807, 2.05) is 56.3 Å². The molecule has 0 spiro atoms. The molecule has 0 radical (unpaired) electrons. The molecule has 0 saturated heterocycles. The molecule has 3 rings (SSSR count). The van der Waals surface area contributed by atoms with Crippen molar-refractivity contribution in [2.24, 2.45) is 0 Å². The van der Waals surface area contributed by atoms with Gasteiger partial charge < -0.3 is 20.1 Å². The number of carbonyl (C=O) groups excluding carboxylic acids is 1. The number of benzene rings is 2. The largest absolute Gasteiger partial charge is 0.491 e. The number of ether oxygens (including phenoxy) is 1. The maximum absolute atomic E-state index is 12.7. The summed E-state index contributed by atoms with van der Waals surface area (Å²) < 4.78 is 5.51. The molecule has 5 heteroatoms. The van der Waals surface area contributed by atoms with Crippen molar-refractivity contribution in [3.8, 4) is 5.75 Å². The number of aryl methyl sites for hydroxylation is 2. The summed E-state index contributed by atoms with van der Waals surface area (Å²) in [6.07, 6.45) is 0. The Balaban J connectivity index is 1.79. The topological polar surface area (TPSA) is 74.4 Å². The number of hydrogen-bond acceptors (Lipinski definition) is 3. The minimum atomic E-state index is -0.135. The lowest BCUT2D eigenvalue weighted by Crippen LogP contribution is -2.23. The van der Waals surface area contributed by atoms with Gasteiger partial charge in [-0.15, -0.1) is 0 Å². The molecule has 5 nitrogen and oxygen atoms in total. The number of para-hydroxylation sites is 2. The number of fused-ring (bicyclic) bond motifs is 1. The molecular formula is C20H22N2O3. The quantitative estimate of drug-likeness (QED) is 0.646. The van der Waals surface area contributed by atoms with E-state index in [2.05, 4.69) is 10.3 Å². The Labute approximate surface area is 146 Å². The van der Waals surface area contributed by atoms with E-state index < -0.39 is 0 Å². The molecule has 0 aliphatic carbocycles. The highest BCUT2D eigenvalue weighted by Crippen LogP contribution is 2.24. The van der Waals surface area contributed by atoms with Crippen LogP contribution in [0.25, 0.3) is 10.9 Å². The third-order valence-corrected chi connectivity index (χ3v) is 4.35. The molecule has 0 aliphatic rings. The Morgan fingerprint density at radius 3 is 2.76 bits per heavy atom. The van der Waals surface area contributed by atoms with E-state index >= 15 is 0 Å². The van der Waals surface area contributed by atoms with Crippen molar-refractivity contribution in [1.29, 1.82) is 0 Å². The Hall–Kier alpha value is -2.79. The van der Waals surface area contributed by atoms with Crippen LogP contribution in [-0.4, -0.2) is 29.2 Å². The third kappa shape index (κ3) is 3.51. The molecule has 3 aromatic rings. The second kappa shape index (κ2) is 7.40. The SMILES string of the molecule is Cc1[nH]c2c(C(=O)NCc3ccccc3OCCO)cccc2c1C. The highest BCUT2D eigenvalue weighted by molar-refractivity contribution is 6.06. The predicted molar refractivity (Wildman–Crippen MR) is 98.0 cm³/mol. The second-order valence-corrected chi connectivity index (χ2v) is 5.97. The summed E-state index contributed by atoms with van der Waals surface area (Å²) in [6, 6.07) is 13.2. The molecule has 0 fully saturated rings. The van der Waals surface area contributed by atoms with Gasteiger partial charge in [-0.25, -0.2) is 0 Å². The van der Waals surface area contributed by atoms with E-state index in [9.17, 15) is 4.79 Å². The molecular weight excluding hydrogens is 316 g/mol. The molecule has 0 unspecified atom stereocenters. The minimum absolute atomic E-state index is 0.0474. The maximum atomic E-state index is 12.7. The number of carbonyl (C=O) groups is 1. The van der Waals surface area contributed by atoms with Gasteiger partial charge in [0.1, 0.15) is 12.4 Å². The predicted octanol–water partition coefficient (Wildman–Crippen LogP) is 3.09. The Morgan fingerprint density at radius 2 is 1.96 bits per heavy atom. The number of aliphatic hydroxyl groups excluding tert-OH is 1. The summed E-state index contributed by atoms with van der Waals surface area (Å²) in [5, 5.41) is 12.9.